The molecule has 0 saturated heterocycles. The highest BCUT2D eigenvalue weighted by Gasteiger charge is 2.15. The molecule has 0 radical (unpaired) electrons. The van der Waals surface area contributed by atoms with Gasteiger partial charge in [0, 0.05) is 18.3 Å². The van der Waals surface area contributed by atoms with Crippen molar-refractivity contribution in [3.05, 3.63) is 48.5 Å². The van der Waals surface area contributed by atoms with E-state index in [0.29, 0.717) is 12.3 Å². The van der Waals surface area contributed by atoms with Gasteiger partial charge in [-0.2, -0.15) is 0 Å². The average Bonchev–Trinajstić information content (AvgIpc) is 2.92. The zero-order valence-electron chi connectivity index (χ0n) is 14.9. The second kappa shape index (κ2) is 7.07. The maximum absolute atomic E-state index is 12.1. The molecular weight excluding hydrogens is 312 g/mol. The molecule has 0 spiro atoms. The van der Waals surface area contributed by atoms with Crippen LogP contribution in [0.4, 0.5) is 5.69 Å². The molecule has 2 aromatic carbocycles. The number of carbonyl (C=O) groups excluding carboxylic acids is 1. The standard InChI is InChI=1S/C20H24N4O/c1-13(2)12-16(21)20(25)22-15-10-8-14(9-11-15)19-23-17-6-4-5-7-18(17)24(19)3/h4-11,13,16H,12,21H2,1-3H3,(H,22,25)/t16-/m0/s1. The zero-order chi connectivity index (χ0) is 18.0. The van der Waals surface area contributed by atoms with Crippen LogP contribution in [0.3, 0.4) is 0 Å². The Morgan fingerprint density at radius 3 is 2.48 bits per heavy atom. The van der Waals surface area contributed by atoms with E-state index in [0.717, 1.165) is 28.1 Å². The van der Waals surface area contributed by atoms with Crippen molar-refractivity contribution >= 4 is 22.6 Å². The Hall–Kier alpha value is -2.66. The number of imidazole rings is 1. The minimum atomic E-state index is -0.487. The van der Waals surface area contributed by atoms with E-state index in [-0.39, 0.29) is 5.91 Å². The normalized spacial score (nSPS) is 12.5. The third-order valence-electron chi connectivity index (χ3n) is 4.26. The Bertz CT molecular complexity index is 880. The molecule has 25 heavy (non-hydrogen) atoms. The highest BCUT2D eigenvalue weighted by molar-refractivity contribution is 5.94. The van der Waals surface area contributed by atoms with Gasteiger partial charge in [-0.05, 0) is 48.7 Å². The number of aromatic nitrogens is 2. The van der Waals surface area contributed by atoms with Gasteiger partial charge in [0.2, 0.25) is 5.91 Å². The van der Waals surface area contributed by atoms with Crippen LogP contribution in [0.25, 0.3) is 22.4 Å². The third kappa shape index (κ3) is 3.72. The molecule has 5 heteroatoms. The molecule has 1 atom stereocenters. The first-order chi connectivity index (χ1) is 12.0. The molecule has 0 aliphatic rings. The Balaban J connectivity index is 1.78. The number of aryl methyl sites for hydroxylation is 1. The van der Waals surface area contributed by atoms with Gasteiger partial charge in [0.25, 0.3) is 0 Å². The van der Waals surface area contributed by atoms with Gasteiger partial charge in [-0.25, -0.2) is 4.98 Å². The lowest BCUT2D eigenvalue weighted by Crippen LogP contribution is -2.36. The Morgan fingerprint density at radius 2 is 1.84 bits per heavy atom. The summed E-state index contributed by atoms with van der Waals surface area (Å²) in [5, 5.41) is 2.88. The van der Waals surface area contributed by atoms with Crippen LogP contribution in [0.1, 0.15) is 20.3 Å². The number of nitrogens with two attached hydrogens (primary N) is 1. The van der Waals surface area contributed by atoms with Crippen LogP contribution in [0, 0.1) is 5.92 Å². The third-order valence-corrected chi connectivity index (χ3v) is 4.26. The van der Waals surface area contributed by atoms with Crippen LogP contribution in [0.2, 0.25) is 0 Å². The number of amides is 1. The lowest BCUT2D eigenvalue weighted by Gasteiger charge is -2.14. The van der Waals surface area contributed by atoms with Gasteiger partial charge in [0.15, 0.2) is 0 Å². The van der Waals surface area contributed by atoms with Gasteiger partial charge in [-0.15, -0.1) is 0 Å². The van der Waals surface area contributed by atoms with Crippen LogP contribution >= 0.6 is 0 Å². The van der Waals surface area contributed by atoms with Crippen molar-refractivity contribution < 1.29 is 4.79 Å². The van der Waals surface area contributed by atoms with E-state index in [4.69, 9.17) is 5.73 Å². The van der Waals surface area contributed by atoms with E-state index in [1.807, 2.05) is 49.5 Å². The summed E-state index contributed by atoms with van der Waals surface area (Å²) in [6.07, 6.45) is 0.670. The van der Waals surface area contributed by atoms with Crippen molar-refractivity contribution in [2.45, 2.75) is 26.3 Å². The van der Waals surface area contributed by atoms with E-state index >= 15 is 0 Å². The molecule has 3 rings (SSSR count). The molecule has 0 fully saturated rings. The molecule has 130 valence electrons. The lowest BCUT2D eigenvalue weighted by molar-refractivity contribution is -0.117. The number of fused-ring (bicyclic) bond motifs is 1. The predicted octanol–water partition coefficient (Wildman–Crippen LogP) is 3.55. The van der Waals surface area contributed by atoms with Gasteiger partial charge in [0.1, 0.15) is 5.82 Å². The zero-order valence-corrected chi connectivity index (χ0v) is 14.9. The summed E-state index contributed by atoms with van der Waals surface area (Å²) in [6.45, 7) is 4.11. The minimum Gasteiger partial charge on any atom is -0.327 e. The summed E-state index contributed by atoms with van der Waals surface area (Å²) in [6, 6.07) is 15.3. The topological polar surface area (TPSA) is 72.9 Å². The number of rotatable bonds is 5. The van der Waals surface area contributed by atoms with Crippen molar-refractivity contribution in [1.82, 2.24) is 9.55 Å². The quantitative estimate of drug-likeness (QED) is 0.748. The first kappa shape index (κ1) is 17.2. The number of benzene rings is 2. The van der Waals surface area contributed by atoms with Crippen molar-refractivity contribution in [1.29, 1.82) is 0 Å². The van der Waals surface area contributed by atoms with Gasteiger partial charge in [0.05, 0.1) is 17.1 Å². The summed E-state index contributed by atoms with van der Waals surface area (Å²) in [4.78, 5) is 16.8. The predicted molar refractivity (Wildman–Crippen MR) is 102 cm³/mol. The van der Waals surface area contributed by atoms with Crippen molar-refractivity contribution in [3.63, 3.8) is 0 Å². The van der Waals surface area contributed by atoms with Gasteiger partial charge >= 0.3 is 0 Å². The maximum Gasteiger partial charge on any atom is 0.241 e. The van der Waals surface area contributed by atoms with Gasteiger partial charge in [-0.1, -0.05) is 26.0 Å². The molecule has 5 nitrogen and oxygen atoms in total. The average molecular weight is 336 g/mol. The molecule has 1 amide bonds. The number of hydrogen-bond acceptors (Lipinski definition) is 3. The fraction of sp³-hybridized carbons (Fsp3) is 0.300. The van der Waals surface area contributed by atoms with Crippen LogP contribution in [0.5, 0.6) is 0 Å². The molecule has 1 heterocycles. The van der Waals surface area contributed by atoms with E-state index in [9.17, 15) is 4.79 Å². The fourth-order valence-electron chi connectivity index (χ4n) is 2.96. The molecular formula is C20H24N4O. The van der Waals surface area contributed by atoms with Crippen molar-refractivity contribution in [2.24, 2.45) is 18.7 Å². The molecule has 0 unspecified atom stereocenters. The van der Waals surface area contributed by atoms with Gasteiger partial charge < -0.3 is 15.6 Å². The molecule has 0 saturated carbocycles. The summed E-state index contributed by atoms with van der Waals surface area (Å²) in [5.74, 6) is 1.14. The lowest BCUT2D eigenvalue weighted by atomic mass is 10.0. The summed E-state index contributed by atoms with van der Waals surface area (Å²) in [7, 11) is 2.01. The fourth-order valence-corrected chi connectivity index (χ4v) is 2.96. The summed E-state index contributed by atoms with van der Waals surface area (Å²) in [5.41, 5.74) is 9.73. The molecule has 3 aromatic rings. The SMILES string of the molecule is CC(C)C[C@H](N)C(=O)Nc1ccc(-c2nc3ccccc3n2C)cc1. The van der Waals surface area contributed by atoms with E-state index in [1.165, 1.54) is 0 Å². The Labute approximate surface area is 147 Å². The smallest absolute Gasteiger partial charge is 0.241 e. The summed E-state index contributed by atoms with van der Waals surface area (Å²) >= 11 is 0. The highest BCUT2D eigenvalue weighted by atomic mass is 16.2. The van der Waals surface area contributed by atoms with E-state index in [2.05, 4.69) is 34.8 Å². The first-order valence-electron chi connectivity index (χ1n) is 8.54. The second-order valence-corrected chi connectivity index (χ2v) is 6.79. The molecule has 3 N–H and O–H groups in total. The minimum absolute atomic E-state index is 0.149. The number of para-hydroxylation sites is 2. The monoisotopic (exact) mass is 336 g/mol. The van der Waals surface area contributed by atoms with Crippen LogP contribution < -0.4 is 11.1 Å². The largest absolute Gasteiger partial charge is 0.327 e. The Kier molecular flexibility index (Phi) is 4.86. The highest BCUT2D eigenvalue weighted by Crippen LogP contribution is 2.24. The number of nitrogens with one attached hydrogen (secondary N) is 1. The number of carbonyl (C=O) groups is 1. The number of nitrogens with zero attached hydrogens (tertiary/aromatic N) is 2. The maximum atomic E-state index is 12.1. The summed E-state index contributed by atoms with van der Waals surface area (Å²) < 4.78 is 2.07. The van der Waals surface area contributed by atoms with E-state index < -0.39 is 6.04 Å². The number of hydrogen-bond donors (Lipinski definition) is 2. The van der Waals surface area contributed by atoms with E-state index in [1.54, 1.807) is 0 Å². The van der Waals surface area contributed by atoms with Gasteiger partial charge in [-0.3, -0.25) is 4.79 Å². The van der Waals surface area contributed by atoms with Crippen LogP contribution in [-0.4, -0.2) is 21.5 Å². The number of anilines is 1. The first-order valence-corrected chi connectivity index (χ1v) is 8.54. The molecule has 0 bridgehead atoms. The van der Waals surface area contributed by atoms with Crippen LogP contribution in [0.15, 0.2) is 48.5 Å². The van der Waals surface area contributed by atoms with Crippen molar-refractivity contribution in [3.8, 4) is 11.4 Å². The van der Waals surface area contributed by atoms with Crippen molar-refractivity contribution in [2.75, 3.05) is 5.32 Å². The second-order valence-electron chi connectivity index (χ2n) is 6.79. The molecule has 0 aliphatic heterocycles. The molecule has 1 aromatic heterocycles. The Morgan fingerprint density at radius 1 is 1.16 bits per heavy atom. The molecule has 0 aliphatic carbocycles. The van der Waals surface area contributed by atoms with Crippen LogP contribution in [-0.2, 0) is 11.8 Å².